The maximum atomic E-state index is 12.1. The lowest BCUT2D eigenvalue weighted by molar-refractivity contribution is -0.145. The molecule has 0 bridgehead atoms. The Balaban J connectivity index is 2.13. The molecule has 2 unspecified atom stereocenters. The fourth-order valence-electron chi connectivity index (χ4n) is 1.69. The van der Waals surface area contributed by atoms with E-state index in [9.17, 15) is 4.79 Å². The van der Waals surface area contributed by atoms with Gasteiger partial charge in [-0.2, -0.15) is 5.26 Å². The second-order valence-electron chi connectivity index (χ2n) is 3.69. The summed E-state index contributed by atoms with van der Waals surface area (Å²) in [6.07, 6.45) is 2.48. The number of nitriles is 1. The van der Waals surface area contributed by atoms with Gasteiger partial charge in [0.05, 0.1) is 25.9 Å². The third-order valence-corrected chi connectivity index (χ3v) is 2.56. The monoisotopic (exact) mass is 232 g/mol. The molecule has 5 nitrogen and oxygen atoms in total. The van der Waals surface area contributed by atoms with E-state index in [0.717, 1.165) is 0 Å². The number of ketones is 1. The SMILES string of the molecule is N#CC(C(=O)C1COCCO1)c1cccnc1. The van der Waals surface area contributed by atoms with Crippen LogP contribution in [0.2, 0.25) is 0 Å². The van der Waals surface area contributed by atoms with Gasteiger partial charge in [0.1, 0.15) is 12.0 Å². The number of aromatic nitrogens is 1. The van der Waals surface area contributed by atoms with Crippen molar-refractivity contribution in [1.29, 1.82) is 5.26 Å². The van der Waals surface area contributed by atoms with Crippen LogP contribution < -0.4 is 0 Å². The zero-order valence-corrected chi connectivity index (χ0v) is 9.20. The van der Waals surface area contributed by atoms with Gasteiger partial charge in [0.15, 0.2) is 5.78 Å². The molecular formula is C12H12N2O3. The summed E-state index contributed by atoms with van der Waals surface area (Å²) in [6, 6.07) is 5.40. The van der Waals surface area contributed by atoms with E-state index < -0.39 is 12.0 Å². The van der Waals surface area contributed by atoms with Crippen molar-refractivity contribution in [1.82, 2.24) is 4.98 Å². The van der Waals surface area contributed by atoms with E-state index in [4.69, 9.17) is 14.7 Å². The first-order chi connectivity index (χ1) is 8.33. The number of hydrogen-bond acceptors (Lipinski definition) is 5. The van der Waals surface area contributed by atoms with Crippen LogP contribution in [0.3, 0.4) is 0 Å². The highest BCUT2D eigenvalue weighted by molar-refractivity contribution is 5.92. The standard InChI is InChI=1S/C12H12N2O3/c13-6-10(9-2-1-3-14-7-9)12(15)11-8-16-4-5-17-11/h1-3,7,10-11H,4-5,8H2. The number of rotatable bonds is 3. The number of carbonyl (C=O) groups excluding carboxylic acids is 1. The smallest absolute Gasteiger partial charge is 0.185 e. The molecule has 88 valence electrons. The van der Waals surface area contributed by atoms with Gasteiger partial charge < -0.3 is 9.47 Å². The molecule has 1 saturated heterocycles. The van der Waals surface area contributed by atoms with Crippen LogP contribution in [0.1, 0.15) is 11.5 Å². The molecule has 17 heavy (non-hydrogen) atoms. The van der Waals surface area contributed by atoms with Crippen molar-refractivity contribution in [2.24, 2.45) is 0 Å². The number of nitrogens with zero attached hydrogens (tertiary/aromatic N) is 2. The summed E-state index contributed by atoms with van der Waals surface area (Å²) >= 11 is 0. The van der Waals surface area contributed by atoms with Gasteiger partial charge in [-0.15, -0.1) is 0 Å². The Kier molecular flexibility index (Phi) is 3.81. The van der Waals surface area contributed by atoms with E-state index in [1.807, 2.05) is 6.07 Å². The molecule has 2 rings (SSSR count). The predicted molar refractivity (Wildman–Crippen MR) is 58.2 cm³/mol. The van der Waals surface area contributed by atoms with Crippen molar-refractivity contribution in [2.75, 3.05) is 19.8 Å². The van der Waals surface area contributed by atoms with E-state index in [0.29, 0.717) is 18.8 Å². The summed E-state index contributed by atoms with van der Waals surface area (Å²) in [5, 5.41) is 9.09. The third kappa shape index (κ3) is 2.67. The first-order valence-corrected chi connectivity index (χ1v) is 5.35. The van der Waals surface area contributed by atoms with E-state index in [1.165, 1.54) is 6.20 Å². The molecule has 0 aromatic carbocycles. The summed E-state index contributed by atoms with van der Waals surface area (Å²) in [7, 11) is 0. The van der Waals surface area contributed by atoms with Gasteiger partial charge >= 0.3 is 0 Å². The molecule has 0 N–H and O–H groups in total. The molecule has 1 aromatic rings. The van der Waals surface area contributed by atoms with Gasteiger partial charge in [-0.1, -0.05) is 6.07 Å². The fraction of sp³-hybridized carbons (Fsp3) is 0.417. The Morgan fingerprint density at radius 3 is 3.06 bits per heavy atom. The van der Waals surface area contributed by atoms with Crippen molar-refractivity contribution in [2.45, 2.75) is 12.0 Å². The highest BCUT2D eigenvalue weighted by atomic mass is 16.6. The average molecular weight is 232 g/mol. The number of pyridine rings is 1. The van der Waals surface area contributed by atoms with Gasteiger partial charge in [0.25, 0.3) is 0 Å². The van der Waals surface area contributed by atoms with Gasteiger partial charge in [0.2, 0.25) is 0 Å². The topological polar surface area (TPSA) is 72.2 Å². The lowest BCUT2D eigenvalue weighted by Crippen LogP contribution is -2.38. The zero-order valence-electron chi connectivity index (χ0n) is 9.20. The molecule has 5 heteroatoms. The second-order valence-corrected chi connectivity index (χ2v) is 3.69. The molecular weight excluding hydrogens is 220 g/mol. The Labute approximate surface area is 99.0 Å². The van der Waals surface area contributed by atoms with Gasteiger partial charge in [-0.3, -0.25) is 9.78 Å². The summed E-state index contributed by atoms with van der Waals surface area (Å²) in [5.74, 6) is -1.10. The largest absolute Gasteiger partial charge is 0.376 e. The average Bonchev–Trinajstić information content (AvgIpc) is 2.42. The molecule has 0 saturated carbocycles. The molecule has 1 aromatic heterocycles. The minimum absolute atomic E-state index is 0.220. The molecule has 1 aliphatic rings. The first kappa shape index (κ1) is 11.7. The highest BCUT2D eigenvalue weighted by Crippen LogP contribution is 2.18. The number of ether oxygens (including phenoxy) is 2. The van der Waals surface area contributed by atoms with Gasteiger partial charge in [-0.25, -0.2) is 0 Å². The molecule has 1 aliphatic heterocycles. The minimum atomic E-state index is -0.838. The second kappa shape index (κ2) is 5.53. The molecule has 0 amide bonds. The fourth-order valence-corrected chi connectivity index (χ4v) is 1.69. The van der Waals surface area contributed by atoms with Crippen LogP contribution in [0, 0.1) is 11.3 Å². The number of hydrogen-bond donors (Lipinski definition) is 0. The Hall–Kier alpha value is -1.77. The maximum Gasteiger partial charge on any atom is 0.185 e. The molecule has 2 atom stereocenters. The van der Waals surface area contributed by atoms with Crippen LogP contribution in [0.25, 0.3) is 0 Å². The van der Waals surface area contributed by atoms with Crippen LogP contribution in [0.4, 0.5) is 0 Å². The third-order valence-electron chi connectivity index (χ3n) is 2.56. The zero-order chi connectivity index (χ0) is 12.1. The van der Waals surface area contributed by atoms with Crippen LogP contribution in [0.5, 0.6) is 0 Å². The van der Waals surface area contributed by atoms with Crippen molar-refractivity contribution in [3.05, 3.63) is 30.1 Å². The number of carbonyl (C=O) groups is 1. The molecule has 2 heterocycles. The van der Waals surface area contributed by atoms with E-state index >= 15 is 0 Å². The van der Waals surface area contributed by atoms with Crippen molar-refractivity contribution >= 4 is 5.78 Å². The van der Waals surface area contributed by atoms with E-state index in [1.54, 1.807) is 18.3 Å². The summed E-state index contributed by atoms with van der Waals surface area (Å²) in [6.45, 7) is 1.10. The molecule has 0 spiro atoms. The van der Waals surface area contributed by atoms with E-state index in [-0.39, 0.29) is 12.4 Å². The highest BCUT2D eigenvalue weighted by Gasteiger charge is 2.30. The molecule has 0 aliphatic carbocycles. The number of Topliss-reactive ketones (excluding diaryl/α,β-unsaturated/α-hetero) is 1. The molecule has 1 fully saturated rings. The lowest BCUT2D eigenvalue weighted by atomic mass is 9.94. The Bertz CT molecular complexity index is 421. The summed E-state index contributed by atoms with van der Waals surface area (Å²) in [4.78, 5) is 16.0. The maximum absolute atomic E-state index is 12.1. The summed E-state index contributed by atoms with van der Waals surface area (Å²) in [5.41, 5.74) is 0.592. The van der Waals surface area contributed by atoms with Crippen molar-refractivity contribution in [3.63, 3.8) is 0 Å². The van der Waals surface area contributed by atoms with Crippen LogP contribution >= 0.6 is 0 Å². The van der Waals surface area contributed by atoms with Gasteiger partial charge in [0, 0.05) is 12.4 Å². The quantitative estimate of drug-likeness (QED) is 0.766. The van der Waals surface area contributed by atoms with Crippen LogP contribution in [0.15, 0.2) is 24.5 Å². The van der Waals surface area contributed by atoms with Crippen LogP contribution in [-0.2, 0) is 14.3 Å². The summed E-state index contributed by atoms with van der Waals surface area (Å²) < 4.78 is 10.5. The van der Waals surface area contributed by atoms with Gasteiger partial charge in [-0.05, 0) is 11.6 Å². The van der Waals surface area contributed by atoms with Crippen LogP contribution in [-0.4, -0.2) is 36.7 Å². The van der Waals surface area contributed by atoms with E-state index in [2.05, 4.69) is 4.98 Å². The normalized spacial score (nSPS) is 21.5. The molecule has 0 radical (unpaired) electrons. The Morgan fingerprint density at radius 2 is 2.47 bits per heavy atom. The van der Waals surface area contributed by atoms with Crippen molar-refractivity contribution in [3.8, 4) is 6.07 Å². The van der Waals surface area contributed by atoms with Crippen molar-refractivity contribution < 1.29 is 14.3 Å². The Morgan fingerprint density at radius 1 is 1.59 bits per heavy atom. The minimum Gasteiger partial charge on any atom is -0.376 e. The first-order valence-electron chi connectivity index (χ1n) is 5.35. The predicted octanol–water partition coefficient (Wildman–Crippen LogP) is 0.673. The lowest BCUT2D eigenvalue weighted by Gasteiger charge is -2.23.